The van der Waals surface area contributed by atoms with Crippen LogP contribution in [0.25, 0.3) is 0 Å². The molecule has 0 aromatic carbocycles. The van der Waals surface area contributed by atoms with Crippen LogP contribution in [0.5, 0.6) is 0 Å². The maximum absolute atomic E-state index is 12.5. The number of halogens is 4. The van der Waals surface area contributed by atoms with Crippen molar-refractivity contribution in [3.8, 4) is 0 Å². The predicted molar refractivity (Wildman–Crippen MR) is 65.2 cm³/mol. The zero-order valence-corrected chi connectivity index (χ0v) is 11.4. The van der Waals surface area contributed by atoms with Crippen LogP contribution >= 0.6 is 15.9 Å². The Morgan fingerprint density at radius 2 is 2.00 bits per heavy atom. The van der Waals surface area contributed by atoms with Crippen molar-refractivity contribution in [2.24, 2.45) is 0 Å². The molecule has 17 heavy (non-hydrogen) atoms. The summed E-state index contributed by atoms with van der Waals surface area (Å²) in [6, 6.07) is 1.39. The molecule has 0 bridgehead atoms. The van der Waals surface area contributed by atoms with E-state index in [1.807, 2.05) is 6.92 Å². The van der Waals surface area contributed by atoms with Gasteiger partial charge in [-0.25, -0.2) is 4.98 Å². The van der Waals surface area contributed by atoms with Gasteiger partial charge in [0.2, 0.25) is 0 Å². The third kappa shape index (κ3) is 4.18. The minimum absolute atomic E-state index is 0.260. The zero-order chi connectivity index (χ0) is 13.2. The third-order valence-electron chi connectivity index (χ3n) is 2.30. The van der Waals surface area contributed by atoms with Crippen molar-refractivity contribution in [1.82, 2.24) is 4.98 Å². The van der Waals surface area contributed by atoms with Gasteiger partial charge in [0, 0.05) is 16.7 Å². The van der Waals surface area contributed by atoms with E-state index in [2.05, 4.69) is 20.9 Å². The first-order chi connectivity index (χ1) is 7.70. The van der Waals surface area contributed by atoms with Crippen molar-refractivity contribution in [3.63, 3.8) is 0 Å². The van der Waals surface area contributed by atoms with E-state index in [4.69, 9.17) is 0 Å². The van der Waals surface area contributed by atoms with Gasteiger partial charge in [-0.15, -0.1) is 0 Å². The molecule has 1 aromatic heterocycles. The van der Waals surface area contributed by atoms with Gasteiger partial charge in [0.15, 0.2) is 0 Å². The maximum Gasteiger partial charge on any atom is 0.405 e. The van der Waals surface area contributed by atoms with Crippen LogP contribution in [0.3, 0.4) is 0 Å². The Hall–Kier alpha value is -0.780. The van der Waals surface area contributed by atoms with Gasteiger partial charge in [-0.3, -0.25) is 0 Å². The second kappa shape index (κ2) is 5.25. The monoisotopic (exact) mass is 310 g/mol. The summed E-state index contributed by atoms with van der Waals surface area (Å²) in [4.78, 5) is 5.26. The summed E-state index contributed by atoms with van der Waals surface area (Å²) in [5.74, 6) is 0.345. The smallest absolute Gasteiger partial charge is 0.345 e. The Balaban J connectivity index is 3.02. The minimum atomic E-state index is -4.23. The molecule has 0 amide bonds. The Morgan fingerprint density at radius 1 is 1.41 bits per heavy atom. The number of hydrogen-bond donors (Lipinski definition) is 0. The summed E-state index contributed by atoms with van der Waals surface area (Å²) >= 11 is 3.27. The molecule has 0 saturated heterocycles. The van der Waals surface area contributed by atoms with Crippen molar-refractivity contribution in [2.45, 2.75) is 33.0 Å². The van der Waals surface area contributed by atoms with Gasteiger partial charge >= 0.3 is 6.18 Å². The van der Waals surface area contributed by atoms with Crippen molar-refractivity contribution < 1.29 is 13.2 Å². The van der Waals surface area contributed by atoms with E-state index in [0.29, 0.717) is 5.82 Å². The fraction of sp³-hybridized carbons (Fsp3) is 0.545. The van der Waals surface area contributed by atoms with Gasteiger partial charge in [-0.1, -0.05) is 0 Å². The fourth-order valence-corrected chi connectivity index (χ4v) is 1.62. The molecule has 0 N–H and O–H groups in total. The van der Waals surface area contributed by atoms with Gasteiger partial charge in [0.25, 0.3) is 0 Å². The Morgan fingerprint density at radius 3 is 2.41 bits per heavy atom. The minimum Gasteiger partial charge on any atom is -0.345 e. The number of anilines is 1. The first kappa shape index (κ1) is 14.3. The van der Waals surface area contributed by atoms with Crippen LogP contribution < -0.4 is 4.90 Å². The molecule has 0 fully saturated rings. The molecule has 1 aromatic rings. The second-order valence-corrected chi connectivity index (χ2v) is 4.98. The zero-order valence-electron chi connectivity index (χ0n) is 9.85. The highest BCUT2D eigenvalue weighted by Gasteiger charge is 2.32. The molecule has 0 spiro atoms. The molecule has 96 valence electrons. The van der Waals surface area contributed by atoms with E-state index in [-0.39, 0.29) is 6.04 Å². The van der Waals surface area contributed by atoms with Crippen molar-refractivity contribution in [1.29, 1.82) is 0 Å². The van der Waals surface area contributed by atoms with Crippen molar-refractivity contribution in [2.75, 3.05) is 11.4 Å². The molecule has 0 saturated carbocycles. The van der Waals surface area contributed by atoms with E-state index in [1.54, 1.807) is 19.9 Å². The lowest BCUT2D eigenvalue weighted by Gasteiger charge is -2.29. The average molecular weight is 311 g/mol. The molecule has 0 aliphatic heterocycles. The lowest BCUT2D eigenvalue weighted by atomic mass is 10.2. The Bertz CT molecular complexity index is 391. The summed E-state index contributed by atoms with van der Waals surface area (Å²) in [5.41, 5.74) is 0.864. The maximum atomic E-state index is 12.5. The molecule has 0 radical (unpaired) electrons. The fourth-order valence-electron chi connectivity index (χ4n) is 1.40. The number of pyridine rings is 1. The van der Waals surface area contributed by atoms with E-state index in [1.165, 1.54) is 11.1 Å². The normalized spacial score (nSPS) is 12.0. The molecule has 2 nitrogen and oxygen atoms in total. The summed E-state index contributed by atoms with van der Waals surface area (Å²) in [6.45, 7) is 4.26. The van der Waals surface area contributed by atoms with E-state index < -0.39 is 12.7 Å². The van der Waals surface area contributed by atoms with Crippen LogP contribution in [0.2, 0.25) is 0 Å². The van der Waals surface area contributed by atoms with E-state index in [9.17, 15) is 13.2 Å². The molecule has 0 aliphatic rings. The highest BCUT2D eigenvalue weighted by Crippen LogP contribution is 2.25. The highest BCUT2D eigenvalue weighted by atomic mass is 79.9. The molecule has 6 heteroatoms. The van der Waals surface area contributed by atoms with E-state index in [0.717, 1.165) is 10.0 Å². The van der Waals surface area contributed by atoms with Gasteiger partial charge < -0.3 is 4.90 Å². The number of aromatic nitrogens is 1. The van der Waals surface area contributed by atoms with Crippen LogP contribution in [-0.4, -0.2) is 23.7 Å². The van der Waals surface area contributed by atoms with Crippen LogP contribution in [0, 0.1) is 6.92 Å². The highest BCUT2D eigenvalue weighted by molar-refractivity contribution is 9.10. The molecule has 0 atom stereocenters. The average Bonchev–Trinajstić information content (AvgIpc) is 2.17. The van der Waals surface area contributed by atoms with Gasteiger partial charge in [0.1, 0.15) is 12.4 Å². The first-order valence-corrected chi connectivity index (χ1v) is 5.95. The summed E-state index contributed by atoms with van der Waals surface area (Å²) in [6.07, 6.45) is -2.71. The number of nitrogens with zero attached hydrogens (tertiary/aromatic N) is 2. The number of rotatable bonds is 3. The largest absolute Gasteiger partial charge is 0.405 e. The SMILES string of the molecule is Cc1cc(N(CC(F)(F)F)C(C)C)ncc1Br. The molecular weight excluding hydrogens is 297 g/mol. The number of hydrogen-bond acceptors (Lipinski definition) is 2. The van der Waals surface area contributed by atoms with Crippen LogP contribution in [-0.2, 0) is 0 Å². The van der Waals surface area contributed by atoms with E-state index >= 15 is 0 Å². The van der Waals surface area contributed by atoms with Crippen molar-refractivity contribution in [3.05, 3.63) is 22.3 Å². The topological polar surface area (TPSA) is 16.1 Å². The molecule has 1 rings (SSSR count). The molecule has 1 heterocycles. The second-order valence-electron chi connectivity index (χ2n) is 4.13. The Labute approximate surface area is 107 Å². The Kier molecular flexibility index (Phi) is 4.41. The molecule has 0 unspecified atom stereocenters. The first-order valence-electron chi connectivity index (χ1n) is 5.16. The lowest BCUT2D eigenvalue weighted by Crippen LogP contribution is -2.39. The molecule has 0 aliphatic carbocycles. The summed E-state index contributed by atoms with van der Waals surface area (Å²) in [7, 11) is 0. The third-order valence-corrected chi connectivity index (χ3v) is 3.13. The van der Waals surface area contributed by atoms with Crippen LogP contribution in [0.15, 0.2) is 16.7 Å². The van der Waals surface area contributed by atoms with Crippen LogP contribution in [0.1, 0.15) is 19.4 Å². The van der Waals surface area contributed by atoms with Crippen LogP contribution in [0.4, 0.5) is 19.0 Å². The van der Waals surface area contributed by atoms with Crippen molar-refractivity contribution >= 4 is 21.7 Å². The lowest BCUT2D eigenvalue weighted by molar-refractivity contribution is -0.120. The number of alkyl halides is 3. The number of aryl methyl sites for hydroxylation is 1. The van der Waals surface area contributed by atoms with Gasteiger partial charge in [-0.2, -0.15) is 13.2 Å². The quantitative estimate of drug-likeness (QED) is 0.841. The summed E-state index contributed by atoms with van der Waals surface area (Å²) < 4.78 is 38.1. The summed E-state index contributed by atoms with van der Waals surface area (Å²) in [5, 5.41) is 0. The standard InChI is InChI=1S/C11H14BrF3N2/c1-7(2)17(6-11(13,14)15)10-4-8(3)9(12)5-16-10/h4-5,7H,6H2,1-3H3. The predicted octanol–water partition coefficient (Wildman–Crippen LogP) is 3.93. The molecular formula is C11H14BrF3N2. The van der Waals surface area contributed by atoms with Gasteiger partial charge in [0.05, 0.1) is 0 Å². The van der Waals surface area contributed by atoms with Gasteiger partial charge in [-0.05, 0) is 48.3 Å².